The lowest BCUT2D eigenvalue weighted by molar-refractivity contribution is -0.129. The third-order valence-corrected chi connectivity index (χ3v) is 5.18. The largest absolute Gasteiger partial charge is 0.441 e. The number of nitrogens with zero attached hydrogens (tertiary/aromatic N) is 2. The third kappa shape index (κ3) is 3.66. The van der Waals surface area contributed by atoms with Gasteiger partial charge in [0, 0.05) is 19.6 Å². The van der Waals surface area contributed by atoms with Gasteiger partial charge in [0.25, 0.3) is 0 Å². The third-order valence-electron chi connectivity index (χ3n) is 4.85. The zero-order valence-corrected chi connectivity index (χ0v) is 16.0. The molecule has 3 aromatic rings. The second-order valence-corrected chi connectivity index (χ2v) is 7.12. The highest BCUT2D eigenvalue weighted by Crippen LogP contribution is 2.30. The second kappa shape index (κ2) is 7.73. The van der Waals surface area contributed by atoms with Gasteiger partial charge in [0.05, 0.1) is 16.3 Å². The molecule has 7 heteroatoms. The fourth-order valence-corrected chi connectivity index (χ4v) is 3.63. The van der Waals surface area contributed by atoms with Crippen molar-refractivity contribution < 1.29 is 13.6 Å². The van der Waals surface area contributed by atoms with Crippen molar-refractivity contribution in [1.82, 2.24) is 15.2 Å². The predicted octanol–water partition coefficient (Wildman–Crippen LogP) is 4.12. The van der Waals surface area contributed by atoms with Crippen LogP contribution in [0.5, 0.6) is 0 Å². The average molecular weight is 400 g/mol. The van der Waals surface area contributed by atoms with E-state index in [1.54, 1.807) is 18.2 Å². The van der Waals surface area contributed by atoms with Crippen LogP contribution in [0.25, 0.3) is 11.5 Å². The number of piperazine rings is 1. The fraction of sp³-hybridized carbons (Fsp3) is 0.238. The van der Waals surface area contributed by atoms with Gasteiger partial charge in [0.1, 0.15) is 17.6 Å². The molecule has 1 aliphatic rings. The van der Waals surface area contributed by atoms with Gasteiger partial charge in [-0.3, -0.25) is 9.69 Å². The maximum absolute atomic E-state index is 13.3. The summed E-state index contributed by atoms with van der Waals surface area (Å²) in [5.41, 5.74) is 2.22. The highest BCUT2D eigenvalue weighted by molar-refractivity contribution is 6.33. The van der Waals surface area contributed by atoms with E-state index in [1.807, 2.05) is 30.0 Å². The van der Waals surface area contributed by atoms with Crippen LogP contribution >= 0.6 is 11.6 Å². The van der Waals surface area contributed by atoms with Crippen molar-refractivity contribution in [2.75, 3.05) is 13.1 Å². The van der Waals surface area contributed by atoms with Crippen molar-refractivity contribution in [3.63, 3.8) is 0 Å². The average Bonchev–Trinajstić information content (AvgIpc) is 3.04. The number of aromatic nitrogens is 1. The molecule has 28 heavy (non-hydrogen) atoms. The molecule has 1 saturated heterocycles. The minimum atomic E-state index is -0.505. The molecule has 1 aliphatic heterocycles. The summed E-state index contributed by atoms with van der Waals surface area (Å²) in [6.07, 6.45) is 0. The molecule has 1 amide bonds. The molecule has 0 saturated carbocycles. The van der Waals surface area contributed by atoms with Crippen LogP contribution in [0.2, 0.25) is 5.02 Å². The van der Waals surface area contributed by atoms with Gasteiger partial charge in [0.2, 0.25) is 11.8 Å². The number of oxazole rings is 1. The lowest BCUT2D eigenvalue weighted by atomic mass is 10.0. The Bertz CT molecular complexity index is 1000. The molecule has 0 unspecified atom stereocenters. The smallest absolute Gasteiger partial charge is 0.242 e. The minimum absolute atomic E-state index is 0.106. The normalized spacial score (nSPS) is 17.5. The van der Waals surface area contributed by atoms with Crippen LogP contribution in [0.1, 0.15) is 23.1 Å². The molecular formula is C21H19ClFN3O2. The Hall–Kier alpha value is -2.70. The van der Waals surface area contributed by atoms with Crippen molar-refractivity contribution in [2.45, 2.75) is 19.5 Å². The van der Waals surface area contributed by atoms with Crippen LogP contribution in [-0.4, -0.2) is 28.9 Å². The van der Waals surface area contributed by atoms with Crippen molar-refractivity contribution in [1.29, 1.82) is 0 Å². The Morgan fingerprint density at radius 2 is 2.00 bits per heavy atom. The highest BCUT2D eigenvalue weighted by atomic mass is 35.5. The fourth-order valence-electron chi connectivity index (χ4n) is 3.41. The first-order chi connectivity index (χ1) is 13.5. The molecule has 1 atom stereocenters. The number of nitrogens with one attached hydrogen (secondary N) is 1. The molecule has 0 bridgehead atoms. The van der Waals surface area contributed by atoms with Gasteiger partial charge >= 0.3 is 0 Å². The van der Waals surface area contributed by atoms with Gasteiger partial charge in [-0.15, -0.1) is 0 Å². The second-order valence-electron chi connectivity index (χ2n) is 6.72. The number of carbonyl (C=O) groups is 1. The summed E-state index contributed by atoms with van der Waals surface area (Å²) in [5.74, 6) is 0.699. The number of rotatable bonds is 4. The Kier molecular flexibility index (Phi) is 5.15. The summed E-state index contributed by atoms with van der Waals surface area (Å²) in [4.78, 5) is 19.2. The van der Waals surface area contributed by atoms with Gasteiger partial charge in [-0.1, -0.05) is 35.9 Å². The first-order valence-corrected chi connectivity index (χ1v) is 9.39. The first kappa shape index (κ1) is 18.7. The molecule has 144 valence electrons. The van der Waals surface area contributed by atoms with Crippen molar-refractivity contribution >= 4 is 17.5 Å². The van der Waals surface area contributed by atoms with E-state index in [4.69, 9.17) is 16.0 Å². The lowest BCUT2D eigenvalue weighted by Gasteiger charge is -2.34. The number of hydrogen-bond donors (Lipinski definition) is 1. The summed E-state index contributed by atoms with van der Waals surface area (Å²) in [6, 6.07) is 12.9. The summed E-state index contributed by atoms with van der Waals surface area (Å²) in [7, 11) is 0. The SMILES string of the molecule is Cc1oc(-c2ccccc2Cl)nc1CN1CCNC(=O)[C@H]1c1ccc(F)cc1. The molecule has 5 nitrogen and oxygen atoms in total. The van der Waals surface area contributed by atoms with E-state index < -0.39 is 6.04 Å². The number of benzene rings is 2. The monoisotopic (exact) mass is 399 g/mol. The maximum atomic E-state index is 13.3. The van der Waals surface area contributed by atoms with Gasteiger partial charge in [-0.2, -0.15) is 0 Å². The molecule has 2 heterocycles. The van der Waals surface area contributed by atoms with Crippen molar-refractivity contribution in [3.8, 4) is 11.5 Å². The van der Waals surface area contributed by atoms with E-state index in [1.165, 1.54) is 12.1 Å². The predicted molar refractivity (Wildman–Crippen MR) is 104 cm³/mol. The number of aryl methyl sites for hydroxylation is 1. The van der Waals surface area contributed by atoms with E-state index >= 15 is 0 Å². The lowest BCUT2D eigenvalue weighted by Crippen LogP contribution is -2.49. The maximum Gasteiger partial charge on any atom is 0.242 e. The Balaban J connectivity index is 1.63. The Labute approximate surface area is 167 Å². The Morgan fingerprint density at radius 1 is 1.25 bits per heavy atom. The number of halogens is 2. The molecule has 1 aromatic heterocycles. The number of hydrogen-bond acceptors (Lipinski definition) is 4. The van der Waals surface area contributed by atoms with E-state index in [0.29, 0.717) is 36.3 Å². The zero-order chi connectivity index (χ0) is 19.7. The molecule has 0 radical (unpaired) electrons. The summed E-state index contributed by atoms with van der Waals surface area (Å²) >= 11 is 6.25. The molecule has 2 aromatic carbocycles. The van der Waals surface area contributed by atoms with Crippen molar-refractivity contribution in [2.24, 2.45) is 0 Å². The molecule has 4 rings (SSSR count). The van der Waals surface area contributed by atoms with Gasteiger partial charge in [-0.05, 0) is 36.8 Å². The van der Waals surface area contributed by atoms with Crippen LogP contribution < -0.4 is 5.32 Å². The molecule has 1 fully saturated rings. The first-order valence-electron chi connectivity index (χ1n) is 9.01. The number of carbonyl (C=O) groups excluding carboxylic acids is 1. The van der Waals surface area contributed by atoms with E-state index in [9.17, 15) is 9.18 Å². The van der Waals surface area contributed by atoms with Crippen LogP contribution in [0, 0.1) is 12.7 Å². The molecular weight excluding hydrogens is 381 g/mol. The Morgan fingerprint density at radius 3 is 2.75 bits per heavy atom. The van der Waals surface area contributed by atoms with Gasteiger partial charge in [-0.25, -0.2) is 9.37 Å². The van der Waals surface area contributed by atoms with E-state index in [-0.39, 0.29) is 11.7 Å². The summed E-state index contributed by atoms with van der Waals surface area (Å²) in [5, 5.41) is 3.44. The quantitative estimate of drug-likeness (QED) is 0.717. The molecule has 1 N–H and O–H groups in total. The number of amides is 1. The van der Waals surface area contributed by atoms with Crippen molar-refractivity contribution in [3.05, 3.63) is 76.4 Å². The molecule has 0 aliphatic carbocycles. The summed E-state index contributed by atoms with van der Waals surface area (Å²) < 4.78 is 19.1. The van der Waals surface area contributed by atoms with Crippen LogP contribution in [0.3, 0.4) is 0 Å². The van der Waals surface area contributed by atoms with Crippen LogP contribution in [-0.2, 0) is 11.3 Å². The van der Waals surface area contributed by atoms with E-state index in [0.717, 1.165) is 16.8 Å². The minimum Gasteiger partial charge on any atom is -0.441 e. The highest BCUT2D eigenvalue weighted by Gasteiger charge is 2.32. The van der Waals surface area contributed by atoms with Gasteiger partial charge < -0.3 is 9.73 Å². The van der Waals surface area contributed by atoms with Crippen LogP contribution in [0.15, 0.2) is 52.9 Å². The topological polar surface area (TPSA) is 58.4 Å². The summed E-state index contributed by atoms with van der Waals surface area (Å²) in [6.45, 7) is 3.49. The van der Waals surface area contributed by atoms with E-state index in [2.05, 4.69) is 10.3 Å². The van der Waals surface area contributed by atoms with Crippen LogP contribution in [0.4, 0.5) is 4.39 Å². The molecule has 0 spiro atoms. The van der Waals surface area contributed by atoms with Gasteiger partial charge in [0.15, 0.2) is 0 Å². The standard InChI is InChI=1S/C21H19ClFN3O2/c1-13-18(25-21(28-13)16-4-2-3-5-17(16)22)12-26-11-10-24-20(27)19(26)14-6-8-15(23)9-7-14/h2-9,19H,10-12H2,1H3,(H,24,27)/t19-/m1/s1. The zero-order valence-electron chi connectivity index (χ0n) is 15.3.